The first-order valence-corrected chi connectivity index (χ1v) is 11.8. The zero-order valence-corrected chi connectivity index (χ0v) is 20.1. The van der Waals surface area contributed by atoms with Gasteiger partial charge in [-0.3, -0.25) is 19.3 Å². The van der Waals surface area contributed by atoms with E-state index in [1.54, 1.807) is 13.8 Å². The monoisotopic (exact) mass is 499 g/mol. The Morgan fingerprint density at radius 1 is 1.09 bits per heavy atom. The number of carbonyl (C=O) groups is 4. The molecule has 0 saturated carbocycles. The molecule has 0 aromatic heterocycles. The molecule has 184 valence electrons. The smallest absolute Gasteiger partial charge is 0.408 e. The zero-order chi connectivity index (χ0) is 25.4. The van der Waals surface area contributed by atoms with Crippen LogP contribution in [0.3, 0.4) is 0 Å². The van der Waals surface area contributed by atoms with Crippen molar-refractivity contribution < 1.29 is 28.3 Å². The molecule has 3 rings (SSSR count). The van der Waals surface area contributed by atoms with Gasteiger partial charge in [0.05, 0.1) is 4.91 Å². The van der Waals surface area contributed by atoms with E-state index in [0.717, 1.165) is 22.2 Å². The molecule has 35 heavy (non-hydrogen) atoms. The molecule has 1 atom stereocenters. The van der Waals surface area contributed by atoms with Crippen LogP contribution in [0.1, 0.15) is 25.0 Å². The number of nitrogens with one attached hydrogen (secondary N) is 2. The number of ether oxygens (including phenoxy) is 1. The Hall–Kier alpha value is -3.66. The molecule has 0 bridgehead atoms. The summed E-state index contributed by atoms with van der Waals surface area (Å²) < 4.78 is 18.3. The van der Waals surface area contributed by atoms with Gasteiger partial charge in [-0.1, -0.05) is 56.3 Å². The molecule has 10 heteroatoms. The van der Waals surface area contributed by atoms with E-state index < -0.39 is 35.0 Å². The van der Waals surface area contributed by atoms with Crippen LogP contribution in [-0.4, -0.2) is 47.2 Å². The molecule has 0 aliphatic carbocycles. The van der Waals surface area contributed by atoms with Gasteiger partial charge in [0.25, 0.3) is 11.1 Å². The first-order valence-electron chi connectivity index (χ1n) is 11.0. The van der Waals surface area contributed by atoms with Gasteiger partial charge in [-0.25, -0.2) is 9.18 Å². The van der Waals surface area contributed by atoms with E-state index in [-0.39, 0.29) is 30.5 Å². The van der Waals surface area contributed by atoms with Gasteiger partial charge in [0.15, 0.2) is 0 Å². The molecule has 0 radical (unpaired) electrons. The molecule has 0 spiro atoms. The molecule has 1 aliphatic rings. The number of hydrogen-bond acceptors (Lipinski definition) is 6. The minimum Gasteiger partial charge on any atom is -0.445 e. The molecular weight excluding hydrogens is 473 g/mol. The lowest BCUT2D eigenvalue weighted by Crippen LogP contribution is -2.51. The van der Waals surface area contributed by atoms with Crippen molar-refractivity contribution in [3.05, 3.63) is 76.4 Å². The summed E-state index contributed by atoms with van der Waals surface area (Å²) in [5.74, 6) is -1.56. The maximum Gasteiger partial charge on any atom is 0.408 e. The Bertz CT molecular complexity index is 1110. The van der Waals surface area contributed by atoms with Crippen molar-refractivity contribution in [3.63, 3.8) is 0 Å². The van der Waals surface area contributed by atoms with Crippen LogP contribution in [0.25, 0.3) is 6.08 Å². The van der Waals surface area contributed by atoms with E-state index in [1.165, 1.54) is 30.3 Å². The lowest BCUT2D eigenvalue weighted by molar-refractivity contribution is -0.125. The van der Waals surface area contributed by atoms with Crippen molar-refractivity contribution in [1.29, 1.82) is 0 Å². The number of rotatable bonds is 9. The Morgan fingerprint density at radius 2 is 1.77 bits per heavy atom. The molecule has 1 saturated heterocycles. The average Bonchev–Trinajstić information content (AvgIpc) is 3.10. The van der Waals surface area contributed by atoms with Crippen molar-refractivity contribution >= 4 is 41.0 Å². The maximum absolute atomic E-state index is 13.1. The molecule has 1 heterocycles. The van der Waals surface area contributed by atoms with Gasteiger partial charge in [0.2, 0.25) is 5.91 Å². The fourth-order valence-corrected chi connectivity index (χ4v) is 4.10. The van der Waals surface area contributed by atoms with E-state index in [9.17, 15) is 23.6 Å². The fraction of sp³-hybridized carbons (Fsp3) is 0.280. The highest BCUT2D eigenvalue weighted by atomic mass is 32.2. The fourth-order valence-electron chi connectivity index (χ4n) is 3.23. The van der Waals surface area contributed by atoms with E-state index in [2.05, 4.69) is 10.6 Å². The Labute approximate surface area is 206 Å². The Balaban J connectivity index is 1.49. The SMILES string of the molecule is CC(C)[C@H](NC(=O)OCc1ccccc1)C(=O)NCCN1C(=O)S/C(=C/c2ccc(F)cc2)C1=O. The number of imide groups is 1. The standard InChI is InChI=1S/C25H26FN3O5S/c1-16(2)21(28-24(32)34-15-18-6-4-3-5-7-18)22(30)27-12-13-29-23(31)20(35-25(29)33)14-17-8-10-19(26)11-9-17/h3-11,14,16,21H,12-13,15H2,1-2H3,(H,27,30)(H,28,32)/b20-14+/t21-/m0/s1. The molecule has 4 amide bonds. The molecular formula is C25H26FN3O5S. The second-order valence-electron chi connectivity index (χ2n) is 8.10. The van der Waals surface area contributed by atoms with Crippen molar-refractivity contribution in [2.24, 2.45) is 5.92 Å². The minimum atomic E-state index is -0.855. The van der Waals surface area contributed by atoms with Crippen LogP contribution in [-0.2, 0) is 20.9 Å². The van der Waals surface area contributed by atoms with Crippen LogP contribution in [0.15, 0.2) is 59.5 Å². The normalized spacial score (nSPS) is 15.4. The average molecular weight is 500 g/mol. The number of halogens is 1. The second kappa shape index (κ2) is 12.2. The molecule has 2 aromatic carbocycles. The lowest BCUT2D eigenvalue weighted by Gasteiger charge is -2.22. The highest BCUT2D eigenvalue weighted by molar-refractivity contribution is 8.18. The molecule has 0 unspecified atom stereocenters. The summed E-state index contributed by atoms with van der Waals surface area (Å²) >= 11 is 0.781. The maximum atomic E-state index is 13.1. The molecule has 2 aromatic rings. The summed E-state index contributed by atoms with van der Waals surface area (Å²) in [5.41, 5.74) is 1.41. The van der Waals surface area contributed by atoms with Crippen LogP contribution < -0.4 is 10.6 Å². The number of hydrogen-bond donors (Lipinski definition) is 2. The van der Waals surface area contributed by atoms with Crippen molar-refractivity contribution in [2.75, 3.05) is 13.1 Å². The molecule has 8 nitrogen and oxygen atoms in total. The summed E-state index contributed by atoms with van der Waals surface area (Å²) in [6.07, 6.45) is 0.794. The quantitative estimate of drug-likeness (QED) is 0.507. The third-order valence-electron chi connectivity index (χ3n) is 5.11. The van der Waals surface area contributed by atoms with Crippen molar-refractivity contribution in [3.8, 4) is 0 Å². The van der Waals surface area contributed by atoms with Crippen LogP contribution >= 0.6 is 11.8 Å². The van der Waals surface area contributed by atoms with Crippen LogP contribution in [0.5, 0.6) is 0 Å². The third-order valence-corrected chi connectivity index (χ3v) is 6.02. The highest BCUT2D eigenvalue weighted by Crippen LogP contribution is 2.31. The summed E-state index contributed by atoms with van der Waals surface area (Å²) in [7, 11) is 0. The van der Waals surface area contributed by atoms with E-state index in [1.807, 2.05) is 30.3 Å². The second-order valence-corrected chi connectivity index (χ2v) is 9.10. The third kappa shape index (κ3) is 7.41. The lowest BCUT2D eigenvalue weighted by atomic mass is 10.0. The van der Waals surface area contributed by atoms with E-state index >= 15 is 0 Å². The predicted octanol–water partition coefficient (Wildman–Crippen LogP) is 3.93. The number of amides is 4. The van der Waals surface area contributed by atoms with Gasteiger partial charge in [-0.15, -0.1) is 0 Å². The number of nitrogens with zero attached hydrogens (tertiary/aromatic N) is 1. The summed E-state index contributed by atoms with van der Waals surface area (Å²) in [6.45, 7) is 3.62. The first kappa shape index (κ1) is 26.0. The topological polar surface area (TPSA) is 105 Å². The molecule has 1 aliphatic heterocycles. The van der Waals surface area contributed by atoms with Crippen LogP contribution in [0.4, 0.5) is 14.0 Å². The summed E-state index contributed by atoms with van der Waals surface area (Å²) in [6, 6.07) is 13.8. The number of carbonyl (C=O) groups excluding carboxylic acids is 4. The van der Waals surface area contributed by atoms with E-state index in [4.69, 9.17) is 4.74 Å². The van der Waals surface area contributed by atoms with Gasteiger partial charge in [-0.2, -0.15) is 0 Å². The van der Waals surface area contributed by atoms with Gasteiger partial charge < -0.3 is 15.4 Å². The van der Waals surface area contributed by atoms with E-state index in [0.29, 0.717) is 5.56 Å². The van der Waals surface area contributed by atoms with Crippen LogP contribution in [0.2, 0.25) is 0 Å². The predicted molar refractivity (Wildman–Crippen MR) is 130 cm³/mol. The number of thioether (sulfide) groups is 1. The van der Waals surface area contributed by atoms with Crippen LogP contribution in [0, 0.1) is 11.7 Å². The van der Waals surface area contributed by atoms with Gasteiger partial charge in [0, 0.05) is 13.1 Å². The Kier molecular flexibility index (Phi) is 9.02. The van der Waals surface area contributed by atoms with Crippen molar-refractivity contribution in [2.45, 2.75) is 26.5 Å². The van der Waals surface area contributed by atoms with Gasteiger partial charge in [0.1, 0.15) is 18.5 Å². The largest absolute Gasteiger partial charge is 0.445 e. The Morgan fingerprint density at radius 3 is 2.43 bits per heavy atom. The number of benzene rings is 2. The molecule has 1 fully saturated rings. The summed E-state index contributed by atoms with van der Waals surface area (Å²) in [5, 5.41) is 4.76. The number of alkyl carbamates (subject to hydrolysis) is 1. The summed E-state index contributed by atoms with van der Waals surface area (Å²) in [4.78, 5) is 50.9. The first-order chi connectivity index (χ1) is 16.7. The zero-order valence-electron chi connectivity index (χ0n) is 19.3. The van der Waals surface area contributed by atoms with Gasteiger partial charge in [-0.05, 0) is 47.0 Å². The van der Waals surface area contributed by atoms with Gasteiger partial charge >= 0.3 is 6.09 Å². The van der Waals surface area contributed by atoms with Crippen molar-refractivity contribution in [1.82, 2.24) is 15.5 Å². The minimum absolute atomic E-state index is 0.0185. The highest BCUT2D eigenvalue weighted by Gasteiger charge is 2.35. The molecule has 2 N–H and O–H groups in total.